The second-order valence-corrected chi connectivity index (χ2v) is 10.0. The summed E-state index contributed by atoms with van der Waals surface area (Å²) in [5.41, 5.74) is 4.08. The standard InChI is InChI=1S/C26H29Cl2NO3/c1-16(25(30)31)14-29-11-9-26(10-12-29)15-32-23-13-19(7-8-20(23)26)17(2)18(3)24-21(27)5-4-6-22(24)28/h4-8,13,16-17H,3,9-12,14-15H2,1-2H3,(H,30,31). The van der Waals surface area contributed by atoms with Crippen molar-refractivity contribution in [2.75, 3.05) is 26.2 Å². The number of hydrogen-bond donors (Lipinski definition) is 1. The molecule has 6 heteroatoms. The summed E-state index contributed by atoms with van der Waals surface area (Å²) in [6.07, 6.45) is 1.95. The number of carboxylic acid groups (broad SMARTS) is 1. The lowest BCUT2D eigenvalue weighted by Gasteiger charge is -2.39. The van der Waals surface area contributed by atoms with Gasteiger partial charge in [0.15, 0.2) is 0 Å². The minimum absolute atomic E-state index is 0.0170. The predicted octanol–water partition coefficient (Wildman–Crippen LogP) is 6.26. The molecule has 0 saturated carbocycles. The Morgan fingerprint density at radius 2 is 1.84 bits per heavy atom. The summed E-state index contributed by atoms with van der Waals surface area (Å²) in [4.78, 5) is 13.4. The van der Waals surface area contributed by atoms with E-state index in [9.17, 15) is 9.90 Å². The van der Waals surface area contributed by atoms with Crippen LogP contribution < -0.4 is 4.74 Å². The average molecular weight is 474 g/mol. The Morgan fingerprint density at radius 1 is 1.19 bits per heavy atom. The molecule has 170 valence electrons. The zero-order chi connectivity index (χ0) is 23.0. The summed E-state index contributed by atoms with van der Waals surface area (Å²) in [5, 5.41) is 10.4. The Labute approximate surface area is 199 Å². The Kier molecular flexibility index (Phi) is 6.58. The molecule has 4 nitrogen and oxygen atoms in total. The lowest BCUT2D eigenvalue weighted by atomic mass is 9.74. The molecular weight excluding hydrogens is 445 g/mol. The van der Waals surface area contributed by atoms with Crippen LogP contribution in [0.3, 0.4) is 0 Å². The maximum absolute atomic E-state index is 11.2. The topological polar surface area (TPSA) is 49.8 Å². The van der Waals surface area contributed by atoms with Crippen LogP contribution in [0.25, 0.3) is 5.57 Å². The average Bonchev–Trinajstić information content (AvgIpc) is 3.12. The lowest BCUT2D eigenvalue weighted by molar-refractivity contribution is -0.141. The Morgan fingerprint density at radius 3 is 2.47 bits per heavy atom. The summed E-state index contributed by atoms with van der Waals surface area (Å²) >= 11 is 12.8. The van der Waals surface area contributed by atoms with Crippen LogP contribution in [0.4, 0.5) is 0 Å². The van der Waals surface area contributed by atoms with Crippen molar-refractivity contribution in [1.82, 2.24) is 4.90 Å². The molecule has 0 radical (unpaired) electrons. The minimum Gasteiger partial charge on any atom is -0.492 e. The molecular formula is C26H29Cl2NO3. The van der Waals surface area contributed by atoms with E-state index in [2.05, 4.69) is 36.6 Å². The number of halogens is 2. The van der Waals surface area contributed by atoms with Gasteiger partial charge in [-0.2, -0.15) is 0 Å². The number of ether oxygens (including phenoxy) is 1. The molecule has 32 heavy (non-hydrogen) atoms. The van der Waals surface area contributed by atoms with Gasteiger partial charge < -0.3 is 14.7 Å². The van der Waals surface area contributed by atoms with E-state index >= 15 is 0 Å². The molecule has 1 fully saturated rings. The van der Waals surface area contributed by atoms with Gasteiger partial charge in [0.1, 0.15) is 5.75 Å². The highest BCUT2D eigenvalue weighted by Gasteiger charge is 2.43. The number of hydrogen-bond acceptors (Lipinski definition) is 3. The zero-order valence-electron chi connectivity index (χ0n) is 18.5. The van der Waals surface area contributed by atoms with Crippen molar-refractivity contribution < 1.29 is 14.6 Å². The highest BCUT2D eigenvalue weighted by molar-refractivity contribution is 6.37. The van der Waals surface area contributed by atoms with Crippen molar-refractivity contribution in [3.05, 3.63) is 69.7 Å². The maximum atomic E-state index is 11.2. The van der Waals surface area contributed by atoms with E-state index in [0.717, 1.165) is 48.4 Å². The fraction of sp³-hybridized carbons (Fsp3) is 0.423. The third-order valence-corrected chi connectivity index (χ3v) is 7.78. The van der Waals surface area contributed by atoms with Gasteiger partial charge in [0, 0.05) is 39.0 Å². The molecule has 0 amide bonds. The summed E-state index contributed by atoms with van der Waals surface area (Å²) in [7, 11) is 0. The van der Waals surface area contributed by atoms with Gasteiger partial charge in [0.05, 0.1) is 12.5 Å². The number of nitrogens with zero attached hydrogens (tertiary/aromatic N) is 1. The number of carbonyl (C=O) groups is 1. The van der Waals surface area contributed by atoms with Gasteiger partial charge in [-0.1, -0.05) is 61.8 Å². The zero-order valence-corrected chi connectivity index (χ0v) is 20.0. The van der Waals surface area contributed by atoms with Crippen LogP contribution in [0.2, 0.25) is 10.0 Å². The molecule has 0 bridgehead atoms. The molecule has 2 heterocycles. The molecule has 2 aromatic rings. The van der Waals surface area contributed by atoms with E-state index in [1.807, 2.05) is 18.2 Å². The van der Waals surface area contributed by atoms with Crippen LogP contribution >= 0.6 is 23.2 Å². The minimum atomic E-state index is -0.735. The molecule has 2 unspecified atom stereocenters. The van der Waals surface area contributed by atoms with Crippen LogP contribution in [0.1, 0.15) is 49.3 Å². The Bertz CT molecular complexity index is 1020. The number of aliphatic carboxylic acids is 1. The molecule has 1 spiro atoms. The first-order chi connectivity index (χ1) is 15.2. The van der Waals surface area contributed by atoms with E-state index in [1.54, 1.807) is 6.92 Å². The summed E-state index contributed by atoms with van der Waals surface area (Å²) in [6.45, 7) is 11.2. The van der Waals surface area contributed by atoms with Gasteiger partial charge in [-0.15, -0.1) is 0 Å². The number of rotatable bonds is 6. The molecule has 1 saturated heterocycles. The fourth-order valence-corrected chi connectivity index (χ4v) is 5.56. The summed E-state index contributed by atoms with van der Waals surface area (Å²) in [6, 6.07) is 12.0. The third-order valence-electron chi connectivity index (χ3n) is 7.15. The molecule has 2 aliphatic rings. The molecule has 0 aromatic heterocycles. The second kappa shape index (κ2) is 9.09. The van der Waals surface area contributed by atoms with Crippen LogP contribution in [0, 0.1) is 5.92 Å². The van der Waals surface area contributed by atoms with E-state index < -0.39 is 5.97 Å². The number of benzene rings is 2. The quantitative estimate of drug-likeness (QED) is 0.537. The first-order valence-corrected chi connectivity index (χ1v) is 11.8. The largest absolute Gasteiger partial charge is 0.492 e. The number of piperidine rings is 1. The number of likely N-dealkylation sites (tertiary alicyclic amines) is 1. The monoisotopic (exact) mass is 473 g/mol. The number of allylic oxidation sites excluding steroid dienone is 1. The highest BCUT2D eigenvalue weighted by Crippen LogP contribution is 2.47. The van der Waals surface area contributed by atoms with Crippen molar-refractivity contribution in [3.8, 4) is 5.75 Å². The summed E-state index contributed by atoms with van der Waals surface area (Å²) in [5.74, 6) is -0.0990. The fourth-order valence-electron chi connectivity index (χ4n) is 4.92. The molecule has 0 aliphatic carbocycles. The maximum Gasteiger partial charge on any atom is 0.307 e. The summed E-state index contributed by atoms with van der Waals surface area (Å²) < 4.78 is 6.18. The van der Waals surface area contributed by atoms with Crippen molar-refractivity contribution >= 4 is 34.7 Å². The smallest absolute Gasteiger partial charge is 0.307 e. The number of carboxylic acids is 1. The molecule has 2 aliphatic heterocycles. The van der Waals surface area contributed by atoms with Crippen LogP contribution in [0.15, 0.2) is 43.0 Å². The van der Waals surface area contributed by atoms with Crippen molar-refractivity contribution in [3.63, 3.8) is 0 Å². The third kappa shape index (κ3) is 4.28. The second-order valence-electron chi connectivity index (χ2n) is 9.21. The van der Waals surface area contributed by atoms with Crippen molar-refractivity contribution in [2.45, 2.75) is 38.0 Å². The van der Waals surface area contributed by atoms with E-state index in [-0.39, 0.29) is 17.3 Å². The molecule has 1 N–H and O–H groups in total. The van der Waals surface area contributed by atoms with Crippen LogP contribution in [-0.2, 0) is 10.2 Å². The predicted molar refractivity (Wildman–Crippen MR) is 130 cm³/mol. The first-order valence-electron chi connectivity index (χ1n) is 11.1. The molecule has 4 rings (SSSR count). The van der Waals surface area contributed by atoms with Crippen LogP contribution in [-0.4, -0.2) is 42.2 Å². The first kappa shape index (κ1) is 23.2. The van der Waals surface area contributed by atoms with Gasteiger partial charge in [0.25, 0.3) is 0 Å². The van der Waals surface area contributed by atoms with Gasteiger partial charge in [-0.3, -0.25) is 4.79 Å². The lowest BCUT2D eigenvalue weighted by Crippen LogP contribution is -2.45. The SMILES string of the molecule is C=C(c1c(Cl)cccc1Cl)C(C)c1ccc2c(c1)OCC21CCN(CC(C)C(=O)O)CC1. The van der Waals surface area contributed by atoms with E-state index in [0.29, 0.717) is 23.2 Å². The van der Waals surface area contributed by atoms with E-state index in [4.69, 9.17) is 27.9 Å². The van der Waals surface area contributed by atoms with Crippen molar-refractivity contribution in [1.29, 1.82) is 0 Å². The van der Waals surface area contributed by atoms with Crippen LogP contribution in [0.5, 0.6) is 5.75 Å². The van der Waals surface area contributed by atoms with Gasteiger partial charge in [0.2, 0.25) is 0 Å². The van der Waals surface area contributed by atoms with Gasteiger partial charge in [-0.05, 0) is 55.3 Å². The molecule has 2 atom stereocenters. The Balaban J connectivity index is 1.50. The highest BCUT2D eigenvalue weighted by atomic mass is 35.5. The molecule has 2 aromatic carbocycles. The Hall–Kier alpha value is -2.01. The van der Waals surface area contributed by atoms with E-state index in [1.165, 1.54) is 5.56 Å². The number of fused-ring (bicyclic) bond motifs is 2. The normalized spacial score (nSPS) is 19.2. The van der Waals surface area contributed by atoms with Gasteiger partial charge >= 0.3 is 5.97 Å². The van der Waals surface area contributed by atoms with Gasteiger partial charge in [-0.25, -0.2) is 0 Å². The van der Waals surface area contributed by atoms with Crippen molar-refractivity contribution in [2.24, 2.45) is 5.92 Å².